The van der Waals surface area contributed by atoms with Crippen LogP contribution in [-0.4, -0.2) is 35.7 Å². The summed E-state index contributed by atoms with van der Waals surface area (Å²) in [7, 11) is 3.23. The van der Waals surface area contributed by atoms with E-state index in [9.17, 15) is 9.59 Å². The molecule has 7 nitrogen and oxygen atoms in total. The van der Waals surface area contributed by atoms with Crippen LogP contribution in [0.15, 0.2) is 35.4 Å². The Labute approximate surface area is 154 Å². The zero-order valence-electron chi connectivity index (χ0n) is 14.7. The van der Waals surface area contributed by atoms with Crippen LogP contribution in [-0.2, 0) is 7.05 Å². The van der Waals surface area contributed by atoms with Crippen molar-refractivity contribution in [3.8, 4) is 11.5 Å². The van der Waals surface area contributed by atoms with Gasteiger partial charge in [-0.25, -0.2) is 4.98 Å². The molecule has 0 unspecified atom stereocenters. The highest BCUT2D eigenvalue weighted by Crippen LogP contribution is 2.26. The topological polar surface area (TPSA) is 82.4 Å². The molecule has 0 bridgehead atoms. The van der Waals surface area contributed by atoms with Gasteiger partial charge >= 0.3 is 0 Å². The van der Waals surface area contributed by atoms with Crippen LogP contribution in [0.5, 0.6) is 11.5 Å². The predicted molar refractivity (Wildman–Crippen MR) is 100 cm³/mol. The molecule has 0 fully saturated rings. The zero-order valence-corrected chi connectivity index (χ0v) is 15.6. The van der Waals surface area contributed by atoms with Gasteiger partial charge in [-0.1, -0.05) is 6.07 Å². The molecule has 2 aromatic heterocycles. The molecular weight excluding hydrogens is 354 g/mol. The molecule has 0 atom stereocenters. The van der Waals surface area contributed by atoms with Gasteiger partial charge in [-0.05, 0) is 24.6 Å². The normalized spacial score (nSPS) is 10.7. The highest BCUT2D eigenvalue weighted by atomic mass is 32.1. The van der Waals surface area contributed by atoms with Gasteiger partial charge in [0.15, 0.2) is 0 Å². The molecule has 3 rings (SSSR count). The first kappa shape index (κ1) is 17.9. The molecule has 2 heterocycles. The van der Waals surface area contributed by atoms with Crippen LogP contribution in [0, 0.1) is 6.92 Å². The van der Waals surface area contributed by atoms with Gasteiger partial charge < -0.3 is 19.4 Å². The van der Waals surface area contributed by atoms with Gasteiger partial charge in [0.2, 0.25) is 0 Å². The van der Waals surface area contributed by atoms with Crippen molar-refractivity contribution in [1.29, 1.82) is 0 Å². The molecule has 0 saturated carbocycles. The van der Waals surface area contributed by atoms with E-state index < -0.39 is 0 Å². The Balaban J connectivity index is 1.63. The summed E-state index contributed by atoms with van der Waals surface area (Å²) in [6, 6.07) is 7.26. The van der Waals surface area contributed by atoms with Crippen LogP contribution in [0.1, 0.15) is 15.2 Å². The van der Waals surface area contributed by atoms with Gasteiger partial charge in [0, 0.05) is 13.1 Å². The number of aryl methyl sites for hydroxylation is 2. The van der Waals surface area contributed by atoms with Crippen molar-refractivity contribution >= 4 is 27.5 Å². The number of fused-ring (bicyclic) bond motifs is 1. The van der Waals surface area contributed by atoms with Crippen molar-refractivity contribution in [2.75, 3.05) is 20.3 Å². The number of hydrogen-bond donors (Lipinski definition) is 1. The average Bonchev–Trinajstić information content (AvgIpc) is 2.99. The maximum atomic E-state index is 12.4. The fraction of sp³-hybridized carbons (Fsp3) is 0.278. The number of carbonyl (C=O) groups excluding carboxylic acids is 1. The summed E-state index contributed by atoms with van der Waals surface area (Å²) in [4.78, 5) is 29.9. The predicted octanol–water partition coefficient (Wildman–Crippen LogP) is 2.12. The van der Waals surface area contributed by atoms with Crippen LogP contribution in [0.4, 0.5) is 0 Å². The van der Waals surface area contributed by atoms with Gasteiger partial charge in [0.05, 0.1) is 30.2 Å². The third-order valence-electron chi connectivity index (χ3n) is 3.91. The lowest BCUT2D eigenvalue weighted by Gasteiger charge is -2.08. The molecule has 1 N–H and O–H groups in total. The number of rotatable bonds is 6. The monoisotopic (exact) mass is 373 g/mol. The highest BCUT2D eigenvalue weighted by molar-refractivity contribution is 7.20. The third kappa shape index (κ3) is 3.55. The number of hydrogen-bond acceptors (Lipinski definition) is 6. The first-order valence-corrected chi connectivity index (χ1v) is 8.82. The van der Waals surface area contributed by atoms with Crippen molar-refractivity contribution in [2.45, 2.75) is 6.92 Å². The second-order valence-electron chi connectivity index (χ2n) is 5.68. The minimum absolute atomic E-state index is 0.149. The lowest BCUT2D eigenvalue weighted by Crippen LogP contribution is -2.28. The highest BCUT2D eigenvalue weighted by Gasteiger charge is 2.18. The van der Waals surface area contributed by atoms with Crippen LogP contribution in [0.3, 0.4) is 0 Å². The van der Waals surface area contributed by atoms with E-state index in [0.29, 0.717) is 45.3 Å². The largest absolute Gasteiger partial charge is 0.497 e. The molecular formula is C18H19N3O4S. The van der Waals surface area contributed by atoms with Crippen molar-refractivity contribution in [2.24, 2.45) is 7.05 Å². The second kappa shape index (κ2) is 7.57. The molecule has 0 aliphatic carbocycles. The van der Waals surface area contributed by atoms with Gasteiger partial charge in [-0.3, -0.25) is 9.59 Å². The molecule has 1 aromatic carbocycles. The standard InChI is InChI=1S/C18H19N3O4S/c1-11-14-17(20-10-21(2)18(14)23)26-15(11)16(22)19-7-8-25-13-6-4-5-12(9-13)24-3/h4-6,9-10H,7-8H2,1-3H3,(H,19,22). The van der Waals surface area contributed by atoms with Gasteiger partial charge in [-0.15, -0.1) is 11.3 Å². The number of thiophene rings is 1. The summed E-state index contributed by atoms with van der Waals surface area (Å²) < 4.78 is 12.1. The maximum absolute atomic E-state index is 12.4. The molecule has 0 radical (unpaired) electrons. The van der Waals surface area contributed by atoms with Gasteiger partial charge in [-0.2, -0.15) is 0 Å². The average molecular weight is 373 g/mol. The number of aromatic nitrogens is 2. The number of amides is 1. The lowest BCUT2D eigenvalue weighted by molar-refractivity contribution is 0.0950. The minimum Gasteiger partial charge on any atom is -0.497 e. The summed E-state index contributed by atoms with van der Waals surface area (Å²) in [6.07, 6.45) is 1.46. The fourth-order valence-corrected chi connectivity index (χ4v) is 3.59. The Bertz CT molecular complexity index is 1010. The van der Waals surface area contributed by atoms with E-state index in [-0.39, 0.29) is 11.5 Å². The first-order chi connectivity index (χ1) is 12.5. The third-order valence-corrected chi connectivity index (χ3v) is 5.11. The van der Waals surface area contributed by atoms with E-state index in [2.05, 4.69) is 10.3 Å². The Morgan fingerprint density at radius 1 is 1.35 bits per heavy atom. The van der Waals surface area contributed by atoms with E-state index in [1.807, 2.05) is 18.2 Å². The van der Waals surface area contributed by atoms with Crippen LogP contribution < -0.4 is 20.3 Å². The molecule has 136 valence electrons. The first-order valence-electron chi connectivity index (χ1n) is 8.01. The summed E-state index contributed by atoms with van der Waals surface area (Å²) in [5.74, 6) is 1.15. The summed E-state index contributed by atoms with van der Waals surface area (Å²) in [5.41, 5.74) is 0.508. The molecule has 8 heteroatoms. The molecule has 3 aromatic rings. The SMILES string of the molecule is COc1cccc(OCCNC(=O)c2sc3ncn(C)c(=O)c3c2C)c1. The van der Waals surface area contributed by atoms with E-state index in [0.717, 1.165) is 0 Å². The minimum atomic E-state index is -0.234. The summed E-state index contributed by atoms with van der Waals surface area (Å²) >= 11 is 1.22. The number of nitrogens with zero attached hydrogens (tertiary/aromatic N) is 2. The Morgan fingerprint density at radius 3 is 2.88 bits per heavy atom. The molecule has 26 heavy (non-hydrogen) atoms. The van der Waals surface area contributed by atoms with E-state index >= 15 is 0 Å². The number of benzene rings is 1. The summed E-state index contributed by atoms with van der Waals surface area (Å²) in [6.45, 7) is 2.43. The maximum Gasteiger partial charge on any atom is 0.262 e. The molecule has 1 amide bonds. The molecule has 0 spiro atoms. The number of carbonyl (C=O) groups is 1. The van der Waals surface area contributed by atoms with Crippen LogP contribution in [0.2, 0.25) is 0 Å². The van der Waals surface area contributed by atoms with Crippen molar-refractivity contribution in [3.05, 3.63) is 51.4 Å². The van der Waals surface area contributed by atoms with E-state index in [1.54, 1.807) is 27.1 Å². The van der Waals surface area contributed by atoms with E-state index in [4.69, 9.17) is 9.47 Å². The molecule has 0 aliphatic rings. The van der Waals surface area contributed by atoms with Gasteiger partial charge in [0.1, 0.15) is 22.9 Å². The van der Waals surface area contributed by atoms with Crippen LogP contribution >= 0.6 is 11.3 Å². The molecule has 0 aliphatic heterocycles. The zero-order chi connectivity index (χ0) is 18.7. The second-order valence-corrected chi connectivity index (χ2v) is 6.68. The Kier molecular flexibility index (Phi) is 5.22. The molecule has 0 saturated heterocycles. The number of nitrogens with one attached hydrogen (secondary N) is 1. The number of methoxy groups -OCH3 is 1. The van der Waals surface area contributed by atoms with Crippen molar-refractivity contribution in [1.82, 2.24) is 14.9 Å². The fourth-order valence-electron chi connectivity index (χ4n) is 2.53. The van der Waals surface area contributed by atoms with Gasteiger partial charge in [0.25, 0.3) is 11.5 Å². The quantitative estimate of drug-likeness (QED) is 0.669. The van der Waals surface area contributed by atoms with Crippen LogP contribution in [0.25, 0.3) is 10.2 Å². The summed E-state index contributed by atoms with van der Waals surface area (Å²) in [5, 5.41) is 3.31. The van der Waals surface area contributed by atoms with Crippen molar-refractivity contribution < 1.29 is 14.3 Å². The lowest BCUT2D eigenvalue weighted by atomic mass is 10.2. The number of ether oxygens (including phenoxy) is 2. The van der Waals surface area contributed by atoms with E-state index in [1.165, 1.54) is 22.2 Å². The Hall–Kier alpha value is -2.87. The smallest absolute Gasteiger partial charge is 0.262 e. The Morgan fingerprint density at radius 2 is 2.12 bits per heavy atom. The van der Waals surface area contributed by atoms with Crippen molar-refractivity contribution in [3.63, 3.8) is 0 Å².